The van der Waals surface area contributed by atoms with E-state index in [1.54, 1.807) is 43.5 Å². The normalized spacial score (nSPS) is 15.5. The molecule has 0 N–H and O–H groups in total. The number of hydrogen-bond donors (Lipinski definition) is 0. The second-order valence-electron chi connectivity index (χ2n) is 8.69. The lowest BCUT2D eigenvalue weighted by Gasteiger charge is -2.19. The van der Waals surface area contributed by atoms with E-state index in [9.17, 15) is 9.59 Å². The Balaban J connectivity index is 1.34. The van der Waals surface area contributed by atoms with E-state index in [1.807, 2.05) is 30.3 Å². The standard InChI is InChI=1S/C28H28N2O5/c1-33-19-20-17-21(9-12-26(20)34-16-15-29-13-5-6-14-29)30-27(31)24-11-10-23(18-25(24)28(30)32)35-22-7-3-2-4-8-22/h2-4,7-12,17-18H,5-6,13-16,19H2,1H3. The number of fused-ring (bicyclic) bond motifs is 1. The first-order valence-corrected chi connectivity index (χ1v) is 11.9. The first kappa shape index (κ1) is 23.1. The Labute approximate surface area is 204 Å². The summed E-state index contributed by atoms with van der Waals surface area (Å²) in [6, 6.07) is 19.6. The molecule has 0 radical (unpaired) electrons. The highest BCUT2D eigenvalue weighted by Crippen LogP contribution is 2.34. The van der Waals surface area contributed by atoms with Gasteiger partial charge in [0.2, 0.25) is 0 Å². The molecule has 0 aliphatic carbocycles. The maximum atomic E-state index is 13.3. The maximum absolute atomic E-state index is 13.3. The molecule has 5 rings (SSSR count). The largest absolute Gasteiger partial charge is 0.492 e. The van der Waals surface area contributed by atoms with Crippen molar-refractivity contribution in [1.29, 1.82) is 0 Å². The molecule has 2 amide bonds. The minimum atomic E-state index is -0.380. The zero-order valence-corrected chi connectivity index (χ0v) is 19.7. The van der Waals surface area contributed by atoms with Crippen LogP contribution < -0.4 is 14.4 Å². The first-order chi connectivity index (χ1) is 17.1. The zero-order valence-electron chi connectivity index (χ0n) is 19.7. The number of benzene rings is 3. The van der Waals surface area contributed by atoms with Gasteiger partial charge in [-0.15, -0.1) is 0 Å². The molecule has 7 heteroatoms. The Bertz CT molecular complexity index is 1220. The summed E-state index contributed by atoms with van der Waals surface area (Å²) in [7, 11) is 1.61. The van der Waals surface area contributed by atoms with Crippen LogP contribution in [0.2, 0.25) is 0 Å². The van der Waals surface area contributed by atoms with Gasteiger partial charge >= 0.3 is 0 Å². The van der Waals surface area contributed by atoms with Gasteiger partial charge in [0, 0.05) is 19.2 Å². The number of likely N-dealkylation sites (tertiary alicyclic amines) is 1. The predicted molar refractivity (Wildman–Crippen MR) is 132 cm³/mol. The third-order valence-corrected chi connectivity index (χ3v) is 6.30. The first-order valence-electron chi connectivity index (χ1n) is 11.9. The summed E-state index contributed by atoms with van der Waals surface area (Å²) in [4.78, 5) is 30.0. The molecule has 0 saturated carbocycles. The molecule has 7 nitrogen and oxygen atoms in total. The van der Waals surface area contributed by atoms with Gasteiger partial charge in [0.05, 0.1) is 23.4 Å². The van der Waals surface area contributed by atoms with Crippen LogP contribution in [-0.2, 0) is 11.3 Å². The Morgan fingerprint density at radius 1 is 0.829 bits per heavy atom. The number of hydrogen-bond acceptors (Lipinski definition) is 6. The van der Waals surface area contributed by atoms with Crippen LogP contribution in [0.4, 0.5) is 5.69 Å². The number of rotatable bonds is 9. The number of para-hydroxylation sites is 1. The van der Waals surface area contributed by atoms with Crippen LogP contribution in [-0.4, -0.2) is 50.1 Å². The highest BCUT2D eigenvalue weighted by atomic mass is 16.5. The van der Waals surface area contributed by atoms with Crippen LogP contribution in [0.25, 0.3) is 0 Å². The van der Waals surface area contributed by atoms with E-state index in [0.717, 1.165) is 25.2 Å². The smallest absolute Gasteiger partial charge is 0.266 e. The number of carbonyl (C=O) groups is 2. The zero-order chi connectivity index (χ0) is 24.2. The van der Waals surface area contributed by atoms with E-state index >= 15 is 0 Å². The number of amides is 2. The van der Waals surface area contributed by atoms with Gasteiger partial charge in [-0.3, -0.25) is 14.5 Å². The SMILES string of the molecule is COCc1cc(N2C(=O)c3ccc(Oc4ccccc4)cc3C2=O)ccc1OCCN1CCCC1. The molecule has 35 heavy (non-hydrogen) atoms. The molecule has 180 valence electrons. The van der Waals surface area contributed by atoms with Gasteiger partial charge in [0.15, 0.2) is 0 Å². The van der Waals surface area contributed by atoms with Crippen molar-refractivity contribution in [2.24, 2.45) is 0 Å². The van der Waals surface area contributed by atoms with Gasteiger partial charge < -0.3 is 14.2 Å². The van der Waals surface area contributed by atoms with Gasteiger partial charge in [-0.25, -0.2) is 4.90 Å². The summed E-state index contributed by atoms with van der Waals surface area (Å²) in [5, 5.41) is 0. The molecular weight excluding hydrogens is 444 g/mol. The second-order valence-corrected chi connectivity index (χ2v) is 8.69. The van der Waals surface area contributed by atoms with Crippen molar-refractivity contribution in [2.45, 2.75) is 19.4 Å². The summed E-state index contributed by atoms with van der Waals surface area (Å²) in [5.41, 5.74) is 1.95. The fourth-order valence-electron chi connectivity index (χ4n) is 4.55. The average Bonchev–Trinajstić information content (AvgIpc) is 3.47. The fraction of sp³-hybridized carbons (Fsp3) is 0.286. The second kappa shape index (κ2) is 10.3. The Hall–Kier alpha value is -3.68. The molecule has 0 spiro atoms. The van der Waals surface area contributed by atoms with E-state index in [-0.39, 0.29) is 11.8 Å². The van der Waals surface area contributed by atoms with Crippen LogP contribution in [0.15, 0.2) is 66.7 Å². The minimum absolute atomic E-state index is 0.311. The summed E-state index contributed by atoms with van der Waals surface area (Å²) < 4.78 is 17.2. The van der Waals surface area contributed by atoms with Gasteiger partial charge in [-0.05, 0) is 74.5 Å². The summed E-state index contributed by atoms with van der Waals surface area (Å²) in [6.45, 7) is 3.99. The van der Waals surface area contributed by atoms with Crippen molar-refractivity contribution in [3.63, 3.8) is 0 Å². The fourth-order valence-corrected chi connectivity index (χ4v) is 4.55. The number of nitrogens with zero attached hydrogens (tertiary/aromatic N) is 2. The third-order valence-electron chi connectivity index (χ3n) is 6.30. The number of ether oxygens (including phenoxy) is 3. The lowest BCUT2D eigenvalue weighted by molar-refractivity contribution is 0.0926. The Morgan fingerprint density at radius 2 is 1.60 bits per heavy atom. The van der Waals surface area contributed by atoms with E-state index in [2.05, 4.69) is 4.90 Å². The van der Waals surface area contributed by atoms with E-state index in [4.69, 9.17) is 14.2 Å². The van der Waals surface area contributed by atoms with E-state index in [1.165, 1.54) is 17.7 Å². The van der Waals surface area contributed by atoms with Gasteiger partial charge in [-0.2, -0.15) is 0 Å². The third kappa shape index (κ3) is 4.92. The predicted octanol–water partition coefficient (Wildman–Crippen LogP) is 4.90. The van der Waals surface area contributed by atoms with Crippen molar-refractivity contribution in [1.82, 2.24) is 4.90 Å². The molecule has 1 saturated heterocycles. The van der Waals surface area contributed by atoms with Gasteiger partial charge in [0.25, 0.3) is 11.8 Å². The molecule has 0 aromatic heterocycles. The van der Waals surface area contributed by atoms with Crippen molar-refractivity contribution in [3.05, 3.63) is 83.4 Å². The Morgan fingerprint density at radius 3 is 2.37 bits per heavy atom. The molecule has 2 aliphatic heterocycles. The van der Waals surface area contributed by atoms with Crippen LogP contribution in [0.1, 0.15) is 39.1 Å². The average molecular weight is 473 g/mol. The number of methoxy groups -OCH3 is 1. The van der Waals surface area contributed by atoms with Crippen LogP contribution in [0, 0.1) is 0 Å². The van der Waals surface area contributed by atoms with Gasteiger partial charge in [-0.1, -0.05) is 18.2 Å². The number of imide groups is 1. The van der Waals surface area contributed by atoms with Gasteiger partial charge in [0.1, 0.15) is 23.9 Å². The maximum Gasteiger partial charge on any atom is 0.266 e. The monoisotopic (exact) mass is 472 g/mol. The molecule has 2 aliphatic rings. The topological polar surface area (TPSA) is 68.3 Å². The number of anilines is 1. The van der Waals surface area contributed by atoms with Crippen molar-refractivity contribution in [2.75, 3.05) is 38.3 Å². The minimum Gasteiger partial charge on any atom is -0.492 e. The van der Waals surface area contributed by atoms with Crippen LogP contribution in [0.5, 0.6) is 17.2 Å². The summed E-state index contributed by atoms with van der Waals surface area (Å²) >= 11 is 0. The highest BCUT2D eigenvalue weighted by molar-refractivity contribution is 6.34. The molecule has 3 aromatic rings. The Kier molecular flexibility index (Phi) is 6.79. The highest BCUT2D eigenvalue weighted by Gasteiger charge is 2.37. The van der Waals surface area contributed by atoms with Crippen LogP contribution in [0.3, 0.4) is 0 Å². The van der Waals surface area contributed by atoms with E-state index < -0.39 is 0 Å². The molecular formula is C28H28N2O5. The number of carbonyl (C=O) groups excluding carboxylic acids is 2. The van der Waals surface area contributed by atoms with Crippen LogP contribution >= 0.6 is 0 Å². The molecule has 2 heterocycles. The summed E-state index contributed by atoms with van der Waals surface area (Å²) in [5.74, 6) is 1.12. The molecule has 0 atom stereocenters. The quantitative estimate of drug-likeness (QED) is 0.413. The summed E-state index contributed by atoms with van der Waals surface area (Å²) in [6.07, 6.45) is 2.48. The van der Waals surface area contributed by atoms with Crippen molar-refractivity contribution < 1.29 is 23.8 Å². The van der Waals surface area contributed by atoms with Crippen molar-refractivity contribution >= 4 is 17.5 Å². The lowest BCUT2D eigenvalue weighted by atomic mass is 10.1. The molecule has 3 aromatic carbocycles. The van der Waals surface area contributed by atoms with Crippen molar-refractivity contribution in [3.8, 4) is 17.2 Å². The van der Waals surface area contributed by atoms with E-state index in [0.29, 0.717) is 47.3 Å². The molecule has 1 fully saturated rings. The molecule has 0 unspecified atom stereocenters. The molecule has 0 bridgehead atoms. The lowest BCUT2D eigenvalue weighted by Crippen LogP contribution is -2.29.